The predicted octanol–water partition coefficient (Wildman–Crippen LogP) is 1.62. The number of amides is 2. The third kappa shape index (κ3) is 4.55. The zero-order chi connectivity index (χ0) is 19.2. The number of para-hydroxylation sites is 1. The second-order valence-corrected chi connectivity index (χ2v) is 5.91. The van der Waals surface area contributed by atoms with E-state index in [1.54, 1.807) is 42.5 Å². The quantitative estimate of drug-likeness (QED) is 0.711. The lowest BCUT2D eigenvalue weighted by Crippen LogP contribution is -2.39. The predicted molar refractivity (Wildman–Crippen MR) is 100 cm³/mol. The molecule has 142 valence electrons. The van der Waals surface area contributed by atoms with Gasteiger partial charge in [0.25, 0.3) is 5.91 Å². The number of carbonyl (C=O) groups excluding carboxylic acids is 2. The normalized spacial score (nSPS) is 13.6. The zero-order valence-corrected chi connectivity index (χ0v) is 14.9. The molecule has 0 radical (unpaired) electrons. The summed E-state index contributed by atoms with van der Waals surface area (Å²) in [7, 11) is 1.46. The number of fused-ring (bicyclic) bond motifs is 1. The van der Waals surface area contributed by atoms with Crippen LogP contribution in [0.5, 0.6) is 11.5 Å². The van der Waals surface area contributed by atoms with Crippen LogP contribution in [0.3, 0.4) is 0 Å². The number of ether oxygens (including phenoxy) is 3. The van der Waals surface area contributed by atoms with Crippen LogP contribution in [0.1, 0.15) is 10.4 Å². The SMILES string of the molecule is COCC(N)C(=O)Nc1ccccc1C(=O)Nc1ccc2c(c1)OCCO2. The highest BCUT2D eigenvalue weighted by Gasteiger charge is 2.18. The highest BCUT2D eigenvalue weighted by Crippen LogP contribution is 2.32. The maximum Gasteiger partial charge on any atom is 0.257 e. The lowest BCUT2D eigenvalue weighted by atomic mass is 10.1. The molecule has 0 aliphatic carbocycles. The van der Waals surface area contributed by atoms with Gasteiger partial charge in [-0.05, 0) is 24.3 Å². The number of carbonyl (C=O) groups is 2. The van der Waals surface area contributed by atoms with Gasteiger partial charge in [-0.1, -0.05) is 12.1 Å². The molecule has 2 aromatic rings. The fourth-order valence-corrected chi connectivity index (χ4v) is 2.59. The second kappa shape index (κ2) is 8.52. The summed E-state index contributed by atoms with van der Waals surface area (Å²) in [5.41, 5.74) is 6.96. The number of hydrogen-bond donors (Lipinski definition) is 3. The van der Waals surface area contributed by atoms with Crippen LogP contribution in [0, 0.1) is 0 Å². The molecule has 1 aliphatic heterocycles. The maximum atomic E-state index is 12.7. The van der Waals surface area contributed by atoms with E-state index in [4.69, 9.17) is 19.9 Å². The first-order chi connectivity index (χ1) is 13.1. The van der Waals surface area contributed by atoms with Crippen LogP contribution < -0.4 is 25.8 Å². The van der Waals surface area contributed by atoms with Gasteiger partial charge in [-0.3, -0.25) is 9.59 Å². The molecule has 4 N–H and O–H groups in total. The van der Waals surface area contributed by atoms with Gasteiger partial charge in [-0.2, -0.15) is 0 Å². The minimum atomic E-state index is -0.830. The topological polar surface area (TPSA) is 112 Å². The van der Waals surface area contributed by atoms with Crippen LogP contribution in [0.15, 0.2) is 42.5 Å². The van der Waals surface area contributed by atoms with Crippen molar-refractivity contribution in [1.29, 1.82) is 0 Å². The van der Waals surface area contributed by atoms with E-state index < -0.39 is 11.9 Å². The summed E-state index contributed by atoms with van der Waals surface area (Å²) in [6.07, 6.45) is 0. The Morgan fingerprint density at radius 3 is 2.63 bits per heavy atom. The van der Waals surface area contributed by atoms with E-state index in [2.05, 4.69) is 10.6 Å². The average molecular weight is 371 g/mol. The van der Waals surface area contributed by atoms with E-state index in [-0.39, 0.29) is 12.5 Å². The van der Waals surface area contributed by atoms with Crippen molar-refractivity contribution >= 4 is 23.2 Å². The number of nitrogens with one attached hydrogen (secondary N) is 2. The molecule has 1 atom stereocenters. The van der Waals surface area contributed by atoms with Crippen LogP contribution >= 0.6 is 0 Å². The van der Waals surface area contributed by atoms with Gasteiger partial charge in [0.05, 0.1) is 17.9 Å². The maximum absolute atomic E-state index is 12.7. The van der Waals surface area contributed by atoms with Crippen LogP contribution in [0.4, 0.5) is 11.4 Å². The van der Waals surface area contributed by atoms with Gasteiger partial charge >= 0.3 is 0 Å². The van der Waals surface area contributed by atoms with Gasteiger partial charge in [-0.25, -0.2) is 0 Å². The Morgan fingerprint density at radius 2 is 1.85 bits per heavy atom. The van der Waals surface area contributed by atoms with Crippen LogP contribution in [-0.2, 0) is 9.53 Å². The molecule has 2 aromatic carbocycles. The second-order valence-electron chi connectivity index (χ2n) is 5.91. The van der Waals surface area contributed by atoms with Gasteiger partial charge in [0.15, 0.2) is 11.5 Å². The Kier molecular flexibility index (Phi) is 5.90. The van der Waals surface area contributed by atoms with Gasteiger partial charge in [0.1, 0.15) is 19.3 Å². The number of methoxy groups -OCH3 is 1. The van der Waals surface area contributed by atoms with Crippen molar-refractivity contribution in [3.8, 4) is 11.5 Å². The van der Waals surface area contributed by atoms with E-state index in [1.165, 1.54) is 7.11 Å². The molecule has 0 bridgehead atoms. The highest BCUT2D eigenvalue weighted by molar-refractivity contribution is 6.10. The van der Waals surface area contributed by atoms with Crippen LogP contribution in [-0.4, -0.2) is 44.8 Å². The molecule has 0 saturated heterocycles. The summed E-state index contributed by atoms with van der Waals surface area (Å²) in [4.78, 5) is 24.8. The van der Waals surface area contributed by atoms with E-state index in [1.807, 2.05) is 0 Å². The summed E-state index contributed by atoms with van der Waals surface area (Å²) in [5, 5.41) is 5.46. The van der Waals surface area contributed by atoms with Crippen LogP contribution in [0.2, 0.25) is 0 Å². The smallest absolute Gasteiger partial charge is 0.257 e. The minimum Gasteiger partial charge on any atom is -0.486 e. The molecule has 1 heterocycles. The standard InChI is InChI=1S/C19H21N3O5/c1-25-11-14(20)19(24)22-15-5-3-2-4-13(15)18(23)21-12-6-7-16-17(10-12)27-9-8-26-16/h2-7,10,14H,8-9,11,20H2,1H3,(H,21,23)(H,22,24). The number of rotatable bonds is 6. The lowest BCUT2D eigenvalue weighted by Gasteiger charge is -2.19. The van der Waals surface area contributed by atoms with E-state index >= 15 is 0 Å². The van der Waals surface area contributed by atoms with E-state index in [0.29, 0.717) is 41.7 Å². The molecule has 1 unspecified atom stereocenters. The average Bonchev–Trinajstić information content (AvgIpc) is 2.68. The Bertz CT molecular complexity index is 840. The number of benzene rings is 2. The summed E-state index contributed by atoms with van der Waals surface area (Å²) in [5.74, 6) is 0.407. The first kappa shape index (κ1) is 18.7. The lowest BCUT2D eigenvalue weighted by molar-refractivity contribution is -0.118. The van der Waals surface area contributed by atoms with E-state index in [9.17, 15) is 9.59 Å². The van der Waals surface area contributed by atoms with Gasteiger partial charge < -0.3 is 30.6 Å². The van der Waals surface area contributed by atoms with Crippen molar-refractivity contribution in [2.24, 2.45) is 5.73 Å². The first-order valence-electron chi connectivity index (χ1n) is 8.44. The molecular weight excluding hydrogens is 350 g/mol. The van der Waals surface area contributed by atoms with Gasteiger partial charge in [0, 0.05) is 18.9 Å². The molecule has 3 rings (SSSR count). The highest BCUT2D eigenvalue weighted by atomic mass is 16.6. The first-order valence-corrected chi connectivity index (χ1v) is 8.44. The van der Waals surface area contributed by atoms with Crippen molar-refractivity contribution in [3.63, 3.8) is 0 Å². The minimum absolute atomic E-state index is 0.0807. The van der Waals surface area contributed by atoms with Crippen molar-refractivity contribution in [2.45, 2.75) is 6.04 Å². The molecule has 0 aromatic heterocycles. The summed E-state index contributed by atoms with van der Waals surface area (Å²) in [6, 6.07) is 11.0. The summed E-state index contributed by atoms with van der Waals surface area (Å²) in [6.45, 7) is 1.04. The van der Waals surface area contributed by atoms with Crippen molar-refractivity contribution in [1.82, 2.24) is 0 Å². The Balaban J connectivity index is 1.74. The number of hydrogen-bond acceptors (Lipinski definition) is 6. The third-order valence-corrected chi connectivity index (χ3v) is 3.91. The Hall–Kier alpha value is -3.10. The zero-order valence-electron chi connectivity index (χ0n) is 14.9. The van der Waals surface area contributed by atoms with Crippen molar-refractivity contribution in [3.05, 3.63) is 48.0 Å². The largest absolute Gasteiger partial charge is 0.486 e. The molecule has 0 fully saturated rings. The monoisotopic (exact) mass is 371 g/mol. The molecule has 2 amide bonds. The third-order valence-electron chi connectivity index (χ3n) is 3.91. The Labute approximate surface area is 156 Å². The van der Waals surface area contributed by atoms with Gasteiger partial charge in [-0.15, -0.1) is 0 Å². The Morgan fingerprint density at radius 1 is 1.11 bits per heavy atom. The summed E-state index contributed by atoms with van der Waals surface area (Å²) < 4.78 is 15.9. The van der Waals surface area contributed by atoms with Gasteiger partial charge in [0.2, 0.25) is 5.91 Å². The molecular formula is C19H21N3O5. The molecule has 1 aliphatic rings. The fourth-order valence-electron chi connectivity index (χ4n) is 2.59. The molecule has 0 spiro atoms. The molecule has 8 heteroatoms. The number of nitrogens with two attached hydrogens (primary N) is 1. The molecule has 27 heavy (non-hydrogen) atoms. The molecule has 8 nitrogen and oxygen atoms in total. The van der Waals surface area contributed by atoms with E-state index in [0.717, 1.165) is 0 Å². The molecule has 0 saturated carbocycles. The van der Waals surface area contributed by atoms with Crippen LogP contribution in [0.25, 0.3) is 0 Å². The summed E-state index contributed by atoms with van der Waals surface area (Å²) >= 11 is 0. The van der Waals surface area contributed by atoms with Crippen molar-refractivity contribution in [2.75, 3.05) is 37.6 Å². The van der Waals surface area contributed by atoms with Crippen molar-refractivity contribution < 1.29 is 23.8 Å². The fraction of sp³-hybridized carbons (Fsp3) is 0.263. The number of anilines is 2.